The van der Waals surface area contributed by atoms with E-state index in [1.54, 1.807) is 0 Å². The maximum atomic E-state index is 11.6. The number of hydrogen-bond acceptors (Lipinski definition) is 5. The summed E-state index contributed by atoms with van der Waals surface area (Å²) in [5.74, 6) is 0.0121. The molecule has 1 aliphatic rings. The minimum atomic E-state index is -0.613. The summed E-state index contributed by atoms with van der Waals surface area (Å²) in [4.78, 5) is 23.5. The summed E-state index contributed by atoms with van der Waals surface area (Å²) in [7, 11) is 0. The molecule has 1 aromatic carbocycles. The number of carbonyl (C=O) groups excluding carboxylic acids is 1. The van der Waals surface area contributed by atoms with Gasteiger partial charge in [-0.3, -0.25) is 15.0 Å². The Morgan fingerprint density at radius 2 is 2.22 bits per heavy atom. The average molecular weight is 308 g/mol. The third kappa shape index (κ3) is 3.21. The third-order valence-corrected chi connectivity index (χ3v) is 3.62. The summed E-state index contributed by atoms with van der Waals surface area (Å²) in [6, 6.07) is 7.68. The number of rotatable bonds is 5. The average Bonchev–Trinajstić information content (AvgIpc) is 3.27. The van der Waals surface area contributed by atoms with Crippen molar-refractivity contribution >= 4 is 23.4 Å². The van der Waals surface area contributed by atoms with Crippen LogP contribution in [0, 0.1) is 13.5 Å². The van der Waals surface area contributed by atoms with Crippen LogP contribution in [-0.4, -0.2) is 21.5 Å². The monoisotopic (exact) mass is 308 g/mol. The van der Waals surface area contributed by atoms with E-state index in [4.69, 9.17) is 12.3 Å². The second-order valence-corrected chi connectivity index (χ2v) is 5.58. The number of amides is 1. The van der Waals surface area contributed by atoms with E-state index >= 15 is 0 Å². The highest BCUT2D eigenvalue weighted by atomic mass is 16.1. The molecule has 23 heavy (non-hydrogen) atoms. The number of aryl methyl sites for hydroxylation is 1. The predicted octanol–water partition coefficient (Wildman–Crippen LogP) is 2.45. The number of nitrogens with zero attached hydrogens (tertiary/aromatic N) is 3. The first-order chi connectivity index (χ1) is 11.0. The lowest BCUT2D eigenvalue weighted by molar-refractivity contribution is 0.100. The second kappa shape index (κ2) is 5.57. The molecule has 0 aliphatic heterocycles. The third-order valence-electron chi connectivity index (χ3n) is 3.62. The molecule has 1 saturated carbocycles. The largest absolute Gasteiger partial charge is 0.365 e. The van der Waals surface area contributed by atoms with Crippen LogP contribution in [0.1, 0.15) is 28.8 Å². The van der Waals surface area contributed by atoms with Crippen LogP contribution in [0.15, 0.2) is 30.5 Å². The summed E-state index contributed by atoms with van der Waals surface area (Å²) in [5, 5.41) is 6.10. The fraction of sp³-hybridized carbons (Fsp3) is 0.250. The molecule has 116 valence electrons. The zero-order valence-electron chi connectivity index (χ0n) is 12.6. The van der Waals surface area contributed by atoms with Gasteiger partial charge in [0.05, 0.1) is 12.8 Å². The van der Waals surface area contributed by atoms with Gasteiger partial charge in [-0.15, -0.1) is 0 Å². The topological polar surface area (TPSA) is 97.3 Å². The molecule has 0 unspecified atom stereocenters. The molecule has 1 aromatic heterocycles. The first-order valence-corrected chi connectivity index (χ1v) is 7.19. The van der Waals surface area contributed by atoms with Gasteiger partial charge in [0, 0.05) is 11.9 Å². The van der Waals surface area contributed by atoms with Crippen molar-refractivity contribution in [1.82, 2.24) is 9.97 Å². The second-order valence-electron chi connectivity index (χ2n) is 5.58. The van der Waals surface area contributed by atoms with Gasteiger partial charge in [0.1, 0.15) is 11.4 Å². The molecule has 0 bridgehead atoms. The van der Waals surface area contributed by atoms with Gasteiger partial charge in [-0.2, -0.15) is 4.98 Å². The zero-order valence-corrected chi connectivity index (χ0v) is 12.6. The van der Waals surface area contributed by atoms with Crippen LogP contribution in [0.3, 0.4) is 0 Å². The van der Waals surface area contributed by atoms with Gasteiger partial charge in [-0.25, -0.2) is 11.6 Å². The van der Waals surface area contributed by atoms with Gasteiger partial charge < -0.3 is 11.1 Å². The molecule has 0 radical (unpaired) electrons. The van der Waals surface area contributed by atoms with E-state index in [0.29, 0.717) is 11.8 Å². The number of aromatic nitrogens is 2. The highest BCUT2D eigenvalue weighted by Crippen LogP contribution is 2.39. The van der Waals surface area contributed by atoms with E-state index in [2.05, 4.69) is 25.4 Å². The summed E-state index contributed by atoms with van der Waals surface area (Å²) in [5.41, 5.74) is 6.85. The lowest BCUT2D eigenvalue weighted by Gasteiger charge is -2.12. The van der Waals surface area contributed by atoms with Crippen molar-refractivity contribution < 1.29 is 4.79 Å². The molecule has 2 aromatic rings. The molecule has 1 aliphatic carbocycles. The van der Waals surface area contributed by atoms with Gasteiger partial charge in [0.15, 0.2) is 0 Å². The SMILES string of the molecule is [C-]#[N+]C1(Nc2ncc(C(N)=O)c(Nc3cccc(C)c3)n2)CC1. The minimum absolute atomic E-state index is 0.199. The normalized spacial score (nSPS) is 14.6. The van der Waals surface area contributed by atoms with Crippen molar-refractivity contribution in [3.8, 4) is 0 Å². The van der Waals surface area contributed by atoms with E-state index in [0.717, 1.165) is 24.1 Å². The number of nitrogens with one attached hydrogen (secondary N) is 2. The van der Waals surface area contributed by atoms with E-state index in [9.17, 15) is 4.79 Å². The summed E-state index contributed by atoms with van der Waals surface area (Å²) in [6.45, 7) is 9.17. The Hall–Kier alpha value is -3.14. The van der Waals surface area contributed by atoms with Crippen molar-refractivity contribution in [2.75, 3.05) is 10.6 Å². The first-order valence-electron chi connectivity index (χ1n) is 7.19. The molecular weight excluding hydrogens is 292 g/mol. The minimum Gasteiger partial charge on any atom is -0.365 e. The fourth-order valence-electron chi connectivity index (χ4n) is 2.17. The van der Waals surface area contributed by atoms with Gasteiger partial charge >= 0.3 is 5.66 Å². The van der Waals surface area contributed by atoms with Crippen molar-refractivity contribution in [2.24, 2.45) is 5.73 Å². The van der Waals surface area contributed by atoms with Crippen molar-refractivity contribution in [3.63, 3.8) is 0 Å². The molecule has 0 spiro atoms. The quantitative estimate of drug-likeness (QED) is 0.737. The predicted molar refractivity (Wildman–Crippen MR) is 87.2 cm³/mol. The number of primary amides is 1. The fourth-order valence-corrected chi connectivity index (χ4v) is 2.17. The smallest absolute Gasteiger partial charge is 0.308 e. The van der Waals surface area contributed by atoms with E-state index < -0.39 is 11.6 Å². The van der Waals surface area contributed by atoms with Crippen LogP contribution in [-0.2, 0) is 0 Å². The Labute approximate surface area is 133 Å². The number of anilines is 3. The molecule has 1 amide bonds. The maximum Gasteiger partial charge on any atom is 0.308 e. The lowest BCUT2D eigenvalue weighted by Crippen LogP contribution is -2.20. The summed E-state index contributed by atoms with van der Waals surface area (Å²) in [6.07, 6.45) is 2.89. The molecule has 0 atom stereocenters. The van der Waals surface area contributed by atoms with E-state index in [-0.39, 0.29) is 5.56 Å². The Kier molecular flexibility index (Phi) is 3.58. The van der Waals surface area contributed by atoms with Gasteiger partial charge in [0.2, 0.25) is 5.95 Å². The van der Waals surface area contributed by atoms with Crippen LogP contribution >= 0.6 is 0 Å². The molecule has 4 N–H and O–H groups in total. The number of benzene rings is 1. The lowest BCUT2D eigenvalue weighted by atomic mass is 10.2. The Bertz CT molecular complexity index is 806. The Morgan fingerprint density at radius 1 is 1.43 bits per heavy atom. The first kappa shape index (κ1) is 14.8. The molecule has 7 heteroatoms. The Balaban J connectivity index is 1.92. The standard InChI is InChI=1S/C16H16N6O/c1-10-4-3-5-11(8-10)20-14-12(13(17)23)9-19-15(21-14)22-16(18-2)6-7-16/h3-5,8-9H,6-7H2,1H3,(H2,17,23)(H2,19,20,21,22). The van der Waals surface area contributed by atoms with Gasteiger partial charge in [0.25, 0.3) is 5.91 Å². The van der Waals surface area contributed by atoms with Gasteiger partial charge in [-0.05, 0) is 24.6 Å². The number of carbonyl (C=O) groups is 1. The molecule has 1 heterocycles. The number of nitrogens with two attached hydrogens (primary N) is 1. The van der Waals surface area contributed by atoms with Crippen LogP contribution in [0.2, 0.25) is 0 Å². The van der Waals surface area contributed by atoms with E-state index in [1.165, 1.54) is 6.20 Å². The van der Waals surface area contributed by atoms with Crippen molar-refractivity contribution in [1.29, 1.82) is 0 Å². The maximum absolute atomic E-state index is 11.6. The highest BCUT2D eigenvalue weighted by Gasteiger charge is 2.51. The molecule has 0 saturated heterocycles. The molecule has 1 fully saturated rings. The highest BCUT2D eigenvalue weighted by molar-refractivity contribution is 5.98. The van der Waals surface area contributed by atoms with Crippen LogP contribution < -0.4 is 16.4 Å². The van der Waals surface area contributed by atoms with Crippen molar-refractivity contribution in [3.05, 3.63) is 53.0 Å². The summed E-state index contributed by atoms with van der Waals surface area (Å²) >= 11 is 0. The molecule has 3 rings (SSSR count). The van der Waals surface area contributed by atoms with E-state index in [1.807, 2.05) is 31.2 Å². The van der Waals surface area contributed by atoms with Crippen molar-refractivity contribution in [2.45, 2.75) is 25.4 Å². The van der Waals surface area contributed by atoms with Crippen LogP contribution in [0.5, 0.6) is 0 Å². The Morgan fingerprint density at radius 3 is 2.83 bits per heavy atom. The summed E-state index contributed by atoms with van der Waals surface area (Å²) < 4.78 is 0. The molecular formula is C16H16N6O. The number of hydrogen-bond donors (Lipinski definition) is 3. The zero-order chi connectivity index (χ0) is 16.4. The molecule has 7 nitrogen and oxygen atoms in total. The van der Waals surface area contributed by atoms with Crippen LogP contribution in [0.4, 0.5) is 17.5 Å². The van der Waals surface area contributed by atoms with Crippen LogP contribution in [0.25, 0.3) is 4.85 Å². The van der Waals surface area contributed by atoms with Gasteiger partial charge in [-0.1, -0.05) is 12.1 Å².